The Labute approximate surface area is 130 Å². The van der Waals surface area contributed by atoms with Crippen LogP contribution >= 0.6 is 0 Å². The highest BCUT2D eigenvalue weighted by molar-refractivity contribution is 5.98. The predicted octanol–water partition coefficient (Wildman–Crippen LogP) is 2.77. The van der Waals surface area contributed by atoms with E-state index in [4.69, 9.17) is 10.5 Å². The Hall–Kier alpha value is -2.56. The van der Waals surface area contributed by atoms with Crippen LogP contribution in [0.25, 0.3) is 0 Å². The molecule has 1 aromatic heterocycles. The van der Waals surface area contributed by atoms with Gasteiger partial charge < -0.3 is 15.8 Å². The molecular formula is C17H21N3O2. The van der Waals surface area contributed by atoms with Crippen LogP contribution in [0.5, 0.6) is 5.75 Å². The lowest BCUT2D eigenvalue weighted by Gasteiger charge is -2.08. The molecule has 0 unspecified atom stereocenters. The smallest absolute Gasteiger partial charge is 0.255 e. The summed E-state index contributed by atoms with van der Waals surface area (Å²) in [5.74, 6) is 0.855. The molecule has 5 heteroatoms. The molecule has 116 valence electrons. The second-order valence-corrected chi connectivity index (χ2v) is 4.96. The first-order chi connectivity index (χ1) is 10.7. The van der Waals surface area contributed by atoms with Crippen LogP contribution in [-0.2, 0) is 6.54 Å². The molecule has 0 aliphatic rings. The molecule has 0 atom stereocenters. The highest BCUT2D eigenvalue weighted by atomic mass is 16.5. The lowest BCUT2D eigenvalue weighted by molar-refractivity contribution is 0.0951. The van der Waals surface area contributed by atoms with Gasteiger partial charge in [-0.15, -0.1) is 0 Å². The normalized spacial score (nSPS) is 10.2. The maximum absolute atomic E-state index is 12.0. The van der Waals surface area contributed by atoms with E-state index in [0.717, 1.165) is 30.8 Å². The van der Waals surface area contributed by atoms with E-state index in [1.54, 1.807) is 18.3 Å². The summed E-state index contributed by atoms with van der Waals surface area (Å²) in [7, 11) is 0. The average Bonchev–Trinajstić information content (AvgIpc) is 2.54. The molecule has 1 amide bonds. The van der Waals surface area contributed by atoms with E-state index in [9.17, 15) is 4.79 Å². The van der Waals surface area contributed by atoms with Crippen molar-refractivity contribution in [1.29, 1.82) is 0 Å². The number of rotatable bonds is 7. The van der Waals surface area contributed by atoms with Crippen molar-refractivity contribution in [2.45, 2.75) is 26.3 Å². The monoisotopic (exact) mass is 299 g/mol. The Balaban J connectivity index is 1.86. The third-order valence-corrected chi connectivity index (χ3v) is 3.23. The van der Waals surface area contributed by atoms with E-state index in [2.05, 4.69) is 17.2 Å². The zero-order valence-corrected chi connectivity index (χ0v) is 12.7. The van der Waals surface area contributed by atoms with E-state index in [0.29, 0.717) is 12.1 Å². The summed E-state index contributed by atoms with van der Waals surface area (Å²) in [6, 6.07) is 11.0. The predicted molar refractivity (Wildman–Crippen MR) is 86.7 cm³/mol. The maximum atomic E-state index is 12.0. The summed E-state index contributed by atoms with van der Waals surface area (Å²) < 4.78 is 5.60. The van der Waals surface area contributed by atoms with E-state index >= 15 is 0 Å². The van der Waals surface area contributed by atoms with Crippen LogP contribution < -0.4 is 15.8 Å². The fraction of sp³-hybridized carbons (Fsp3) is 0.294. The zero-order chi connectivity index (χ0) is 15.8. The van der Waals surface area contributed by atoms with Gasteiger partial charge in [0.05, 0.1) is 12.2 Å². The number of nitrogen functional groups attached to an aromatic ring is 1. The van der Waals surface area contributed by atoms with Crippen molar-refractivity contribution in [2.75, 3.05) is 12.3 Å². The third kappa shape index (κ3) is 4.48. The van der Waals surface area contributed by atoms with Gasteiger partial charge in [0, 0.05) is 12.7 Å². The number of hydrogen-bond acceptors (Lipinski definition) is 4. The maximum Gasteiger partial charge on any atom is 0.255 e. The number of carbonyl (C=O) groups excluding carboxylic acids is 1. The van der Waals surface area contributed by atoms with Crippen molar-refractivity contribution < 1.29 is 9.53 Å². The largest absolute Gasteiger partial charge is 0.494 e. The van der Waals surface area contributed by atoms with Crippen molar-refractivity contribution in [3.05, 3.63) is 53.7 Å². The molecule has 1 heterocycles. The topological polar surface area (TPSA) is 77.2 Å². The summed E-state index contributed by atoms with van der Waals surface area (Å²) in [6.45, 7) is 3.29. The second-order valence-electron chi connectivity index (χ2n) is 4.96. The number of hydrogen-bond donors (Lipinski definition) is 2. The first kappa shape index (κ1) is 15.8. The molecule has 22 heavy (non-hydrogen) atoms. The molecule has 3 N–H and O–H groups in total. The fourth-order valence-corrected chi connectivity index (χ4v) is 1.92. The van der Waals surface area contributed by atoms with Gasteiger partial charge in [0.1, 0.15) is 11.6 Å². The van der Waals surface area contributed by atoms with Gasteiger partial charge >= 0.3 is 0 Å². The minimum atomic E-state index is -0.228. The number of anilines is 1. The van der Waals surface area contributed by atoms with Gasteiger partial charge in [-0.1, -0.05) is 25.5 Å². The molecule has 0 fully saturated rings. The number of pyridine rings is 1. The first-order valence-electron chi connectivity index (χ1n) is 7.41. The summed E-state index contributed by atoms with van der Waals surface area (Å²) >= 11 is 0. The number of nitrogens with two attached hydrogens (primary N) is 1. The van der Waals surface area contributed by atoms with Crippen molar-refractivity contribution in [1.82, 2.24) is 10.3 Å². The SMILES string of the molecule is CCCCOc1ccc(CNC(=O)c2cccnc2N)cc1. The van der Waals surface area contributed by atoms with Crippen LogP contribution in [0.1, 0.15) is 35.7 Å². The van der Waals surface area contributed by atoms with E-state index < -0.39 is 0 Å². The number of amides is 1. The molecule has 2 rings (SSSR count). The number of carbonyl (C=O) groups is 1. The average molecular weight is 299 g/mol. The van der Waals surface area contributed by atoms with Crippen LogP contribution in [0.4, 0.5) is 5.82 Å². The molecule has 2 aromatic rings. The first-order valence-corrected chi connectivity index (χ1v) is 7.41. The highest BCUT2D eigenvalue weighted by Crippen LogP contribution is 2.13. The van der Waals surface area contributed by atoms with E-state index in [1.165, 1.54) is 0 Å². The molecule has 0 bridgehead atoms. The summed E-state index contributed by atoms with van der Waals surface area (Å²) in [4.78, 5) is 15.9. The van der Waals surface area contributed by atoms with Crippen molar-refractivity contribution >= 4 is 11.7 Å². The second kappa shape index (κ2) is 8.02. The molecule has 1 aromatic carbocycles. The number of ether oxygens (including phenoxy) is 1. The minimum absolute atomic E-state index is 0.228. The van der Waals surface area contributed by atoms with Gasteiger partial charge in [-0.3, -0.25) is 4.79 Å². The Morgan fingerprint density at radius 2 is 2.05 bits per heavy atom. The van der Waals surface area contributed by atoms with Gasteiger partial charge in [0.25, 0.3) is 5.91 Å². The lowest BCUT2D eigenvalue weighted by Crippen LogP contribution is -2.24. The Kier molecular flexibility index (Phi) is 5.77. The van der Waals surface area contributed by atoms with Gasteiger partial charge in [-0.25, -0.2) is 4.98 Å². The molecule has 0 radical (unpaired) electrons. The molecule has 0 aliphatic carbocycles. The number of unbranched alkanes of at least 4 members (excludes halogenated alkanes) is 1. The van der Waals surface area contributed by atoms with Gasteiger partial charge in [-0.05, 0) is 36.2 Å². The van der Waals surface area contributed by atoms with E-state index in [1.807, 2.05) is 24.3 Å². The number of nitrogens with zero attached hydrogens (tertiary/aromatic N) is 1. The standard InChI is InChI=1S/C17H21N3O2/c1-2-3-11-22-14-8-6-13(7-9-14)12-20-17(21)15-5-4-10-19-16(15)18/h4-10H,2-3,11-12H2,1H3,(H2,18,19)(H,20,21). The van der Waals surface area contributed by atoms with Crippen LogP contribution in [0, 0.1) is 0 Å². The van der Waals surface area contributed by atoms with Gasteiger partial charge in [0.2, 0.25) is 0 Å². The van der Waals surface area contributed by atoms with Crippen molar-refractivity contribution in [2.24, 2.45) is 0 Å². The molecule has 5 nitrogen and oxygen atoms in total. The zero-order valence-electron chi connectivity index (χ0n) is 12.7. The molecule has 0 saturated heterocycles. The van der Waals surface area contributed by atoms with Crippen LogP contribution in [0.2, 0.25) is 0 Å². The van der Waals surface area contributed by atoms with Gasteiger partial charge in [0.15, 0.2) is 0 Å². The number of aromatic nitrogens is 1. The Morgan fingerprint density at radius 3 is 2.73 bits per heavy atom. The van der Waals surface area contributed by atoms with Crippen LogP contribution in [-0.4, -0.2) is 17.5 Å². The molecule has 0 spiro atoms. The quantitative estimate of drug-likeness (QED) is 0.771. The summed E-state index contributed by atoms with van der Waals surface area (Å²) in [5, 5.41) is 2.83. The number of nitrogens with one attached hydrogen (secondary N) is 1. The Morgan fingerprint density at radius 1 is 1.27 bits per heavy atom. The van der Waals surface area contributed by atoms with Crippen molar-refractivity contribution in [3.8, 4) is 5.75 Å². The third-order valence-electron chi connectivity index (χ3n) is 3.23. The fourth-order valence-electron chi connectivity index (χ4n) is 1.92. The van der Waals surface area contributed by atoms with E-state index in [-0.39, 0.29) is 11.7 Å². The highest BCUT2D eigenvalue weighted by Gasteiger charge is 2.09. The summed E-state index contributed by atoms with van der Waals surface area (Å²) in [6.07, 6.45) is 3.72. The summed E-state index contributed by atoms with van der Waals surface area (Å²) in [5.41, 5.74) is 7.07. The van der Waals surface area contributed by atoms with Crippen LogP contribution in [0.3, 0.4) is 0 Å². The minimum Gasteiger partial charge on any atom is -0.494 e. The molecule has 0 saturated carbocycles. The molecule has 0 aliphatic heterocycles. The lowest BCUT2D eigenvalue weighted by atomic mass is 10.2. The molecular weight excluding hydrogens is 278 g/mol. The van der Waals surface area contributed by atoms with Gasteiger partial charge in [-0.2, -0.15) is 0 Å². The number of benzene rings is 1. The Bertz CT molecular complexity index is 612. The van der Waals surface area contributed by atoms with Crippen molar-refractivity contribution in [3.63, 3.8) is 0 Å². The van der Waals surface area contributed by atoms with Crippen LogP contribution in [0.15, 0.2) is 42.6 Å².